The largest absolute Gasteiger partial charge is 0.304 e. The summed E-state index contributed by atoms with van der Waals surface area (Å²) in [7, 11) is 2.00. The van der Waals surface area contributed by atoms with Gasteiger partial charge in [0.05, 0.1) is 0 Å². The summed E-state index contributed by atoms with van der Waals surface area (Å²) in [4.78, 5) is 2.10. The van der Waals surface area contributed by atoms with Gasteiger partial charge in [0.2, 0.25) is 0 Å². The normalized spacial score (nSPS) is 9.00. The van der Waals surface area contributed by atoms with E-state index in [-0.39, 0.29) is 0 Å². The fourth-order valence-corrected chi connectivity index (χ4v) is 0.977. The van der Waals surface area contributed by atoms with E-state index in [4.69, 9.17) is 23.2 Å². The average Bonchev–Trinajstić information content (AvgIpc) is 1.93. The lowest BCUT2D eigenvalue weighted by Crippen LogP contribution is -2.22. The van der Waals surface area contributed by atoms with Gasteiger partial charge in [-0.05, 0) is 7.05 Å². The zero-order chi connectivity index (χ0) is 8.41. The van der Waals surface area contributed by atoms with Crippen LogP contribution in [0.25, 0.3) is 0 Å². The second-order valence-corrected chi connectivity index (χ2v) is 2.44. The zero-order valence-corrected chi connectivity index (χ0v) is 8.54. The number of hydrogen-bond donors (Lipinski definition) is 0. The quantitative estimate of drug-likeness (QED) is 0.609. The van der Waals surface area contributed by atoms with E-state index in [1.807, 2.05) is 20.9 Å². The van der Waals surface area contributed by atoms with Crippen LogP contribution in [0.4, 0.5) is 0 Å². The smallest absolute Gasteiger partial charge is 0.0351 e. The van der Waals surface area contributed by atoms with Gasteiger partial charge in [-0.25, -0.2) is 0 Å². The molecule has 0 aromatic rings. The predicted octanol–water partition coefficient (Wildman–Crippen LogP) is 2.42. The molecule has 0 aliphatic heterocycles. The minimum absolute atomic E-state index is 0.688. The molecule has 64 valence electrons. The number of hydrogen-bond acceptors (Lipinski definition) is 1. The molecule has 0 atom stereocenters. The molecule has 10 heavy (non-hydrogen) atoms. The molecule has 0 rings (SSSR count). The third kappa shape index (κ3) is 11.4. The van der Waals surface area contributed by atoms with Gasteiger partial charge in [-0.3, -0.25) is 0 Å². The Morgan fingerprint density at radius 3 is 1.50 bits per heavy atom. The molecule has 0 spiro atoms. The molecule has 0 amide bonds. The summed E-state index contributed by atoms with van der Waals surface area (Å²) in [5.41, 5.74) is 0. The third-order valence-electron chi connectivity index (χ3n) is 0.932. The summed E-state index contributed by atoms with van der Waals surface area (Å²) in [5, 5.41) is 0. The highest BCUT2D eigenvalue weighted by atomic mass is 35.5. The van der Waals surface area contributed by atoms with E-state index in [1.54, 1.807) is 0 Å². The molecule has 0 aromatic heterocycles. The Kier molecular flexibility index (Phi) is 16.1. The lowest BCUT2D eigenvalue weighted by molar-refractivity contribution is 0.378. The van der Waals surface area contributed by atoms with E-state index < -0.39 is 0 Å². The first kappa shape index (κ1) is 13.2. The molecular formula is C7H17Cl2N. The van der Waals surface area contributed by atoms with Crippen LogP contribution in [0.5, 0.6) is 0 Å². The molecule has 3 heteroatoms. The van der Waals surface area contributed by atoms with Crippen LogP contribution in [-0.2, 0) is 0 Å². The molecule has 0 heterocycles. The van der Waals surface area contributed by atoms with Crippen LogP contribution in [0.2, 0.25) is 0 Å². The molecule has 1 nitrogen and oxygen atoms in total. The fourth-order valence-electron chi connectivity index (χ4n) is 0.400. The minimum Gasteiger partial charge on any atom is -0.304 e. The highest BCUT2D eigenvalue weighted by Gasteiger charge is 1.92. The first-order valence-corrected chi connectivity index (χ1v) is 4.68. The van der Waals surface area contributed by atoms with Crippen LogP contribution in [0.15, 0.2) is 0 Å². The minimum atomic E-state index is 0.688. The average molecular weight is 186 g/mol. The Balaban J connectivity index is 0. The second kappa shape index (κ2) is 12.2. The van der Waals surface area contributed by atoms with Crippen molar-refractivity contribution in [3.63, 3.8) is 0 Å². The van der Waals surface area contributed by atoms with Crippen LogP contribution >= 0.6 is 23.2 Å². The molecule has 0 aliphatic carbocycles. The van der Waals surface area contributed by atoms with Crippen LogP contribution in [0.3, 0.4) is 0 Å². The molecule has 0 N–H and O–H groups in total. The van der Waals surface area contributed by atoms with Gasteiger partial charge in [0.25, 0.3) is 0 Å². The third-order valence-corrected chi connectivity index (χ3v) is 1.27. The molecule has 0 aromatic carbocycles. The van der Waals surface area contributed by atoms with E-state index in [0.717, 1.165) is 13.1 Å². The molecule has 0 fully saturated rings. The van der Waals surface area contributed by atoms with Crippen LogP contribution in [0, 0.1) is 0 Å². The summed E-state index contributed by atoms with van der Waals surface area (Å²) in [6.45, 7) is 5.85. The van der Waals surface area contributed by atoms with Gasteiger partial charge in [0, 0.05) is 24.8 Å². The first-order chi connectivity index (χ1) is 4.81. The van der Waals surface area contributed by atoms with Crippen LogP contribution < -0.4 is 0 Å². The summed E-state index contributed by atoms with van der Waals surface area (Å²) < 4.78 is 0. The molecular weight excluding hydrogens is 169 g/mol. The van der Waals surface area contributed by atoms with E-state index in [9.17, 15) is 0 Å². The topological polar surface area (TPSA) is 3.24 Å². The monoisotopic (exact) mass is 185 g/mol. The number of rotatable bonds is 4. The number of halogens is 2. The van der Waals surface area contributed by atoms with Crippen molar-refractivity contribution in [3.8, 4) is 0 Å². The van der Waals surface area contributed by atoms with Crippen LogP contribution in [-0.4, -0.2) is 36.8 Å². The maximum absolute atomic E-state index is 5.45. The van der Waals surface area contributed by atoms with Crippen molar-refractivity contribution in [2.24, 2.45) is 0 Å². The van der Waals surface area contributed by atoms with Gasteiger partial charge in [-0.1, -0.05) is 13.8 Å². The Morgan fingerprint density at radius 2 is 1.30 bits per heavy atom. The van der Waals surface area contributed by atoms with Gasteiger partial charge >= 0.3 is 0 Å². The first-order valence-electron chi connectivity index (χ1n) is 3.61. The molecule has 0 bridgehead atoms. The molecule has 0 unspecified atom stereocenters. The highest BCUT2D eigenvalue weighted by molar-refractivity contribution is 6.18. The Morgan fingerprint density at radius 1 is 1.00 bits per heavy atom. The van der Waals surface area contributed by atoms with Gasteiger partial charge in [-0.15, -0.1) is 23.2 Å². The Hall–Kier alpha value is 0.540. The molecule has 0 aliphatic rings. The van der Waals surface area contributed by atoms with Crippen molar-refractivity contribution in [1.29, 1.82) is 0 Å². The second-order valence-electron chi connectivity index (χ2n) is 1.68. The fraction of sp³-hybridized carbons (Fsp3) is 1.00. The Bertz CT molecular complexity index is 44.9. The molecule has 0 saturated carbocycles. The van der Waals surface area contributed by atoms with Crippen LogP contribution in [0.1, 0.15) is 13.8 Å². The predicted molar refractivity (Wildman–Crippen MR) is 50.3 cm³/mol. The zero-order valence-electron chi connectivity index (χ0n) is 7.03. The lowest BCUT2D eigenvalue weighted by Gasteiger charge is -2.11. The highest BCUT2D eigenvalue weighted by Crippen LogP contribution is 1.85. The van der Waals surface area contributed by atoms with Crippen molar-refractivity contribution in [2.45, 2.75) is 13.8 Å². The summed E-state index contributed by atoms with van der Waals surface area (Å²) in [5.74, 6) is 1.38. The standard InChI is InChI=1S/C5H11Cl2N.C2H6/c1-8(4-2-6)5-3-7;1-2/h2-5H2,1H3;1-2H3. The van der Waals surface area contributed by atoms with Crippen molar-refractivity contribution in [3.05, 3.63) is 0 Å². The SMILES string of the molecule is CC.CN(CCCl)CCCl. The maximum atomic E-state index is 5.45. The van der Waals surface area contributed by atoms with E-state index in [0.29, 0.717) is 11.8 Å². The van der Waals surface area contributed by atoms with E-state index >= 15 is 0 Å². The molecule has 0 radical (unpaired) electrons. The van der Waals surface area contributed by atoms with Gasteiger partial charge in [0.1, 0.15) is 0 Å². The maximum Gasteiger partial charge on any atom is 0.0351 e. The van der Waals surface area contributed by atoms with Crippen molar-refractivity contribution in [1.82, 2.24) is 4.90 Å². The van der Waals surface area contributed by atoms with Gasteiger partial charge in [-0.2, -0.15) is 0 Å². The Labute approximate surface area is 74.3 Å². The van der Waals surface area contributed by atoms with E-state index in [2.05, 4.69) is 4.90 Å². The number of alkyl halides is 2. The van der Waals surface area contributed by atoms with Gasteiger partial charge in [0.15, 0.2) is 0 Å². The number of nitrogens with zero attached hydrogens (tertiary/aromatic N) is 1. The van der Waals surface area contributed by atoms with E-state index in [1.165, 1.54) is 0 Å². The summed E-state index contributed by atoms with van der Waals surface area (Å²) >= 11 is 10.9. The van der Waals surface area contributed by atoms with Crippen molar-refractivity contribution >= 4 is 23.2 Å². The summed E-state index contributed by atoms with van der Waals surface area (Å²) in [6, 6.07) is 0. The van der Waals surface area contributed by atoms with Gasteiger partial charge < -0.3 is 4.90 Å². The molecule has 0 saturated heterocycles. The lowest BCUT2D eigenvalue weighted by atomic mass is 10.6. The van der Waals surface area contributed by atoms with Crippen molar-refractivity contribution < 1.29 is 0 Å². The van der Waals surface area contributed by atoms with Crippen molar-refractivity contribution in [2.75, 3.05) is 31.9 Å². The summed E-state index contributed by atoms with van der Waals surface area (Å²) in [6.07, 6.45) is 0.